The van der Waals surface area contributed by atoms with Crippen molar-refractivity contribution in [2.24, 2.45) is 5.92 Å². The summed E-state index contributed by atoms with van der Waals surface area (Å²) in [4.78, 5) is 27.9. The van der Waals surface area contributed by atoms with E-state index in [0.717, 1.165) is 11.3 Å². The Morgan fingerprint density at radius 3 is 2.43 bits per heavy atom. The van der Waals surface area contributed by atoms with Crippen LogP contribution in [-0.2, 0) is 4.79 Å². The number of amides is 1. The fraction of sp³-hybridized carbons (Fsp3) is 0.312. The summed E-state index contributed by atoms with van der Waals surface area (Å²) in [7, 11) is 1.59. The van der Waals surface area contributed by atoms with Crippen molar-refractivity contribution >= 4 is 23.2 Å². The smallest absolute Gasteiger partial charge is 0.326 e. The molecule has 1 amide bonds. The van der Waals surface area contributed by atoms with Gasteiger partial charge in [-0.25, -0.2) is 9.78 Å². The maximum Gasteiger partial charge on any atom is 0.326 e. The van der Waals surface area contributed by atoms with Crippen LogP contribution in [0.15, 0.2) is 30.5 Å². The van der Waals surface area contributed by atoms with E-state index >= 15 is 0 Å². The molecule has 2 N–H and O–H groups in total. The van der Waals surface area contributed by atoms with Crippen molar-refractivity contribution in [3.05, 3.63) is 35.3 Å². The monoisotopic (exact) mass is 334 g/mol. The lowest BCUT2D eigenvalue weighted by Crippen LogP contribution is -2.44. The quantitative estimate of drug-likeness (QED) is 0.848. The van der Waals surface area contributed by atoms with Gasteiger partial charge >= 0.3 is 5.97 Å². The van der Waals surface area contributed by atoms with E-state index < -0.39 is 17.9 Å². The van der Waals surface area contributed by atoms with Crippen molar-refractivity contribution in [2.45, 2.75) is 19.9 Å². The van der Waals surface area contributed by atoms with Crippen LogP contribution in [0.1, 0.15) is 23.5 Å². The Balaban J connectivity index is 2.14. The average molecular weight is 334 g/mol. The van der Waals surface area contributed by atoms with E-state index in [-0.39, 0.29) is 5.92 Å². The highest BCUT2D eigenvalue weighted by molar-refractivity contribution is 7.16. The summed E-state index contributed by atoms with van der Waals surface area (Å²) in [6.07, 6.45) is 1.46. The van der Waals surface area contributed by atoms with Gasteiger partial charge in [0.05, 0.1) is 13.3 Å². The van der Waals surface area contributed by atoms with E-state index in [9.17, 15) is 9.59 Å². The van der Waals surface area contributed by atoms with Crippen molar-refractivity contribution in [3.8, 4) is 16.3 Å². The average Bonchev–Trinajstić information content (AvgIpc) is 3.01. The molecule has 6 nitrogen and oxygen atoms in total. The molecule has 7 heteroatoms. The van der Waals surface area contributed by atoms with E-state index in [2.05, 4.69) is 10.3 Å². The first-order valence-electron chi connectivity index (χ1n) is 7.06. The van der Waals surface area contributed by atoms with Gasteiger partial charge < -0.3 is 15.2 Å². The third-order valence-corrected chi connectivity index (χ3v) is 4.33. The second-order valence-corrected chi connectivity index (χ2v) is 6.32. The molecular formula is C16H18N2O4S. The van der Waals surface area contributed by atoms with Gasteiger partial charge in [-0.3, -0.25) is 4.79 Å². The van der Waals surface area contributed by atoms with Gasteiger partial charge in [-0.1, -0.05) is 13.8 Å². The van der Waals surface area contributed by atoms with Crippen LogP contribution in [-0.4, -0.2) is 35.1 Å². The van der Waals surface area contributed by atoms with E-state index in [1.54, 1.807) is 21.0 Å². The van der Waals surface area contributed by atoms with Gasteiger partial charge in [0, 0.05) is 5.56 Å². The number of benzene rings is 1. The van der Waals surface area contributed by atoms with Crippen LogP contribution in [0.4, 0.5) is 0 Å². The SMILES string of the molecule is COc1ccc(-c2ncc(C(=O)NC(C(=O)O)C(C)C)s2)cc1. The number of methoxy groups -OCH3 is 1. The zero-order valence-corrected chi connectivity index (χ0v) is 13.9. The topological polar surface area (TPSA) is 88.5 Å². The molecule has 2 aromatic rings. The Morgan fingerprint density at radius 1 is 1.26 bits per heavy atom. The molecule has 1 heterocycles. The van der Waals surface area contributed by atoms with Crippen LogP contribution in [0.2, 0.25) is 0 Å². The molecule has 0 aliphatic heterocycles. The highest BCUT2D eigenvalue weighted by atomic mass is 32.1. The Hall–Kier alpha value is -2.41. The Morgan fingerprint density at radius 2 is 1.91 bits per heavy atom. The van der Waals surface area contributed by atoms with E-state index in [4.69, 9.17) is 9.84 Å². The van der Waals surface area contributed by atoms with E-state index in [1.807, 2.05) is 24.3 Å². The molecule has 0 fully saturated rings. The maximum atomic E-state index is 12.2. The first-order valence-corrected chi connectivity index (χ1v) is 7.88. The zero-order chi connectivity index (χ0) is 17.0. The molecular weight excluding hydrogens is 316 g/mol. The van der Waals surface area contributed by atoms with Gasteiger partial charge in [0.2, 0.25) is 0 Å². The highest BCUT2D eigenvalue weighted by Gasteiger charge is 2.24. The number of hydrogen-bond acceptors (Lipinski definition) is 5. The van der Waals surface area contributed by atoms with Crippen molar-refractivity contribution in [1.29, 1.82) is 0 Å². The summed E-state index contributed by atoms with van der Waals surface area (Å²) in [5.74, 6) is -0.938. The summed E-state index contributed by atoms with van der Waals surface area (Å²) in [6.45, 7) is 3.49. The molecule has 0 aliphatic carbocycles. The molecule has 2 rings (SSSR count). The van der Waals surface area contributed by atoms with Crippen molar-refractivity contribution in [2.75, 3.05) is 7.11 Å². The Labute approximate surface area is 138 Å². The number of carbonyl (C=O) groups is 2. The largest absolute Gasteiger partial charge is 0.497 e. The van der Waals surface area contributed by atoms with Crippen LogP contribution in [0.25, 0.3) is 10.6 Å². The number of hydrogen-bond donors (Lipinski definition) is 2. The number of aromatic nitrogens is 1. The van der Waals surface area contributed by atoms with Crippen LogP contribution >= 0.6 is 11.3 Å². The molecule has 1 aromatic carbocycles. The number of ether oxygens (including phenoxy) is 1. The maximum absolute atomic E-state index is 12.2. The van der Waals surface area contributed by atoms with Crippen LogP contribution in [0.3, 0.4) is 0 Å². The molecule has 23 heavy (non-hydrogen) atoms. The summed E-state index contributed by atoms with van der Waals surface area (Å²) < 4.78 is 5.10. The number of nitrogens with zero attached hydrogens (tertiary/aromatic N) is 1. The molecule has 0 bridgehead atoms. The third kappa shape index (κ3) is 4.07. The van der Waals surface area contributed by atoms with Gasteiger partial charge in [0.1, 0.15) is 21.7 Å². The molecule has 122 valence electrons. The lowest BCUT2D eigenvalue weighted by Gasteiger charge is -2.17. The highest BCUT2D eigenvalue weighted by Crippen LogP contribution is 2.26. The fourth-order valence-electron chi connectivity index (χ4n) is 1.97. The molecule has 1 unspecified atom stereocenters. The van der Waals surface area contributed by atoms with Gasteiger partial charge in [-0.05, 0) is 30.2 Å². The summed E-state index contributed by atoms with van der Waals surface area (Å²) in [6, 6.07) is 6.42. The minimum Gasteiger partial charge on any atom is -0.497 e. The summed E-state index contributed by atoms with van der Waals surface area (Å²) in [5.41, 5.74) is 0.869. The second kappa shape index (κ2) is 7.23. The van der Waals surface area contributed by atoms with Gasteiger partial charge in [-0.2, -0.15) is 0 Å². The summed E-state index contributed by atoms with van der Waals surface area (Å²) in [5, 5.41) is 12.3. The molecule has 0 spiro atoms. The minimum absolute atomic E-state index is 0.203. The Kier molecular flexibility index (Phi) is 5.33. The third-order valence-electron chi connectivity index (χ3n) is 3.29. The van der Waals surface area contributed by atoms with Crippen molar-refractivity contribution in [1.82, 2.24) is 10.3 Å². The normalized spacial score (nSPS) is 12.0. The molecule has 0 saturated heterocycles. The molecule has 0 radical (unpaired) electrons. The first-order chi connectivity index (χ1) is 10.9. The van der Waals surface area contributed by atoms with Gasteiger partial charge in [0.15, 0.2) is 0 Å². The van der Waals surface area contributed by atoms with Crippen molar-refractivity contribution in [3.63, 3.8) is 0 Å². The second-order valence-electron chi connectivity index (χ2n) is 5.29. The number of carboxylic acids is 1. The van der Waals surface area contributed by atoms with Crippen LogP contribution in [0.5, 0.6) is 5.75 Å². The first kappa shape index (κ1) is 17.0. The van der Waals surface area contributed by atoms with Crippen LogP contribution < -0.4 is 10.1 Å². The minimum atomic E-state index is -1.05. The molecule has 0 saturated carbocycles. The number of rotatable bonds is 6. The molecule has 1 atom stereocenters. The predicted molar refractivity (Wildman–Crippen MR) is 87.8 cm³/mol. The number of nitrogens with one attached hydrogen (secondary N) is 1. The molecule has 0 aliphatic rings. The lowest BCUT2D eigenvalue weighted by atomic mass is 10.0. The standard InChI is InChI=1S/C16H18N2O4S/c1-9(2)13(16(20)21)18-14(19)12-8-17-15(23-12)10-4-6-11(22-3)7-5-10/h4-9,13H,1-3H3,(H,18,19)(H,20,21). The van der Waals surface area contributed by atoms with Crippen molar-refractivity contribution < 1.29 is 19.4 Å². The number of carbonyl (C=O) groups excluding carboxylic acids is 1. The lowest BCUT2D eigenvalue weighted by molar-refractivity contribution is -0.140. The number of thiazole rings is 1. The van der Waals surface area contributed by atoms with E-state index in [1.165, 1.54) is 17.5 Å². The van der Waals surface area contributed by atoms with Crippen LogP contribution in [0, 0.1) is 5.92 Å². The van der Waals surface area contributed by atoms with E-state index in [0.29, 0.717) is 9.88 Å². The zero-order valence-electron chi connectivity index (χ0n) is 13.1. The summed E-state index contributed by atoms with van der Waals surface area (Å²) >= 11 is 1.22. The van der Waals surface area contributed by atoms with Gasteiger partial charge in [-0.15, -0.1) is 11.3 Å². The number of aliphatic carboxylic acids is 1. The predicted octanol–water partition coefficient (Wildman–Crippen LogP) is 2.66. The fourth-order valence-corrected chi connectivity index (χ4v) is 2.80. The number of carboxylic acid groups (broad SMARTS) is 1. The van der Waals surface area contributed by atoms with Gasteiger partial charge in [0.25, 0.3) is 5.91 Å². The Bertz CT molecular complexity index is 694. The molecule has 1 aromatic heterocycles.